The molecule has 3 heterocycles. The van der Waals surface area contributed by atoms with Crippen LogP contribution in [0, 0.1) is 11.8 Å². The summed E-state index contributed by atoms with van der Waals surface area (Å²) in [7, 11) is 0. The van der Waals surface area contributed by atoms with Crippen LogP contribution in [0.2, 0.25) is 5.02 Å². The van der Waals surface area contributed by atoms with E-state index < -0.39 is 0 Å². The van der Waals surface area contributed by atoms with E-state index in [2.05, 4.69) is 33.8 Å². The van der Waals surface area contributed by atoms with Crippen molar-refractivity contribution in [2.24, 2.45) is 11.8 Å². The van der Waals surface area contributed by atoms with Gasteiger partial charge in [-0.1, -0.05) is 31.5 Å². The third-order valence-corrected chi connectivity index (χ3v) is 4.80. The van der Waals surface area contributed by atoms with E-state index in [1.165, 1.54) is 6.42 Å². The highest BCUT2D eigenvalue weighted by molar-refractivity contribution is 6.30. The van der Waals surface area contributed by atoms with Crippen LogP contribution in [0.4, 0.5) is 5.82 Å². The van der Waals surface area contributed by atoms with E-state index in [0.29, 0.717) is 16.9 Å². The lowest BCUT2D eigenvalue weighted by molar-refractivity contribution is 0.356. The topological polar surface area (TPSA) is 46.8 Å². The number of aromatic nitrogens is 4. The molecule has 1 fully saturated rings. The summed E-state index contributed by atoms with van der Waals surface area (Å²) < 4.78 is 1.82. The summed E-state index contributed by atoms with van der Waals surface area (Å²) >= 11 is 6.12. The van der Waals surface area contributed by atoms with Crippen molar-refractivity contribution in [2.45, 2.75) is 20.3 Å². The summed E-state index contributed by atoms with van der Waals surface area (Å²) in [5, 5.41) is 6.20. The molecule has 1 aliphatic heterocycles. The molecule has 2 aromatic heterocycles. The van der Waals surface area contributed by atoms with E-state index in [1.807, 2.05) is 35.1 Å². The number of piperidine rings is 1. The summed E-state index contributed by atoms with van der Waals surface area (Å²) in [6, 6.07) is 7.64. The Kier molecular flexibility index (Phi) is 3.88. The molecule has 2 atom stereocenters. The van der Waals surface area contributed by atoms with Crippen LogP contribution in [0.5, 0.6) is 0 Å². The first-order valence-electron chi connectivity index (χ1n) is 8.31. The van der Waals surface area contributed by atoms with E-state index in [1.54, 1.807) is 6.33 Å². The summed E-state index contributed by atoms with van der Waals surface area (Å²) in [4.78, 5) is 11.4. The van der Waals surface area contributed by atoms with Crippen LogP contribution in [-0.2, 0) is 0 Å². The Hall–Kier alpha value is -2.14. The van der Waals surface area contributed by atoms with Crippen molar-refractivity contribution in [3.63, 3.8) is 0 Å². The smallest absolute Gasteiger partial charge is 0.168 e. The standard InChI is InChI=1S/C18H20ClN5/c1-12-6-13(2)10-23(9-12)17-16-8-22-24(18(16)21-11-20-17)15-5-3-4-14(19)7-15/h3-5,7-8,11-13H,6,9-10H2,1-2H3/t12-,13+. The molecular formula is C18H20ClN5. The maximum absolute atomic E-state index is 6.12. The molecule has 24 heavy (non-hydrogen) atoms. The Morgan fingerprint density at radius 1 is 1.12 bits per heavy atom. The number of hydrogen-bond donors (Lipinski definition) is 0. The maximum atomic E-state index is 6.12. The highest BCUT2D eigenvalue weighted by Gasteiger charge is 2.25. The fraction of sp³-hybridized carbons (Fsp3) is 0.389. The third kappa shape index (κ3) is 2.73. The molecule has 0 N–H and O–H groups in total. The molecule has 0 spiro atoms. The molecular weight excluding hydrogens is 322 g/mol. The number of rotatable bonds is 2. The second-order valence-corrected chi connectivity index (χ2v) is 7.26. The SMILES string of the molecule is C[C@@H]1C[C@H](C)CN(c2ncnc3c2cnn3-c2cccc(Cl)c2)C1. The van der Waals surface area contributed by atoms with Crippen molar-refractivity contribution in [3.05, 3.63) is 41.8 Å². The molecule has 0 saturated carbocycles. The minimum atomic E-state index is 0.668. The first kappa shape index (κ1) is 15.4. The predicted octanol–water partition coefficient (Wildman–Crippen LogP) is 3.95. The lowest BCUT2D eigenvalue weighted by Crippen LogP contribution is -2.39. The maximum Gasteiger partial charge on any atom is 0.168 e. The van der Waals surface area contributed by atoms with Crippen LogP contribution in [0.1, 0.15) is 20.3 Å². The molecule has 0 aliphatic carbocycles. The Morgan fingerprint density at radius 3 is 2.67 bits per heavy atom. The van der Waals surface area contributed by atoms with Crippen molar-refractivity contribution in [2.75, 3.05) is 18.0 Å². The molecule has 1 saturated heterocycles. The number of nitrogens with zero attached hydrogens (tertiary/aromatic N) is 5. The predicted molar refractivity (Wildman–Crippen MR) is 96.8 cm³/mol. The monoisotopic (exact) mass is 341 g/mol. The number of hydrogen-bond acceptors (Lipinski definition) is 4. The van der Waals surface area contributed by atoms with Gasteiger partial charge >= 0.3 is 0 Å². The van der Waals surface area contributed by atoms with Crippen molar-refractivity contribution >= 4 is 28.5 Å². The van der Waals surface area contributed by atoms with Crippen LogP contribution in [0.3, 0.4) is 0 Å². The Morgan fingerprint density at radius 2 is 1.92 bits per heavy atom. The molecule has 124 valence electrons. The molecule has 6 heteroatoms. The molecule has 1 aromatic carbocycles. The minimum absolute atomic E-state index is 0.668. The van der Waals surface area contributed by atoms with Gasteiger partial charge in [-0.15, -0.1) is 0 Å². The lowest BCUT2D eigenvalue weighted by Gasteiger charge is -2.35. The van der Waals surface area contributed by atoms with E-state index >= 15 is 0 Å². The van der Waals surface area contributed by atoms with Crippen LogP contribution in [0.25, 0.3) is 16.7 Å². The average Bonchev–Trinajstić information content (AvgIpc) is 2.98. The van der Waals surface area contributed by atoms with Gasteiger partial charge in [-0.3, -0.25) is 0 Å². The second-order valence-electron chi connectivity index (χ2n) is 6.82. The van der Waals surface area contributed by atoms with Gasteiger partial charge in [0.15, 0.2) is 5.65 Å². The van der Waals surface area contributed by atoms with Gasteiger partial charge in [0, 0.05) is 18.1 Å². The fourth-order valence-electron chi connectivity index (χ4n) is 3.72. The molecule has 1 aliphatic rings. The molecule has 3 aromatic rings. The molecule has 5 nitrogen and oxygen atoms in total. The van der Waals surface area contributed by atoms with Gasteiger partial charge in [0.25, 0.3) is 0 Å². The van der Waals surface area contributed by atoms with Crippen LogP contribution in [0.15, 0.2) is 36.8 Å². The van der Waals surface area contributed by atoms with E-state index in [0.717, 1.165) is 35.6 Å². The van der Waals surface area contributed by atoms with Crippen molar-refractivity contribution < 1.29 is 0 Å². The van der Waals surface area contributed by atoms with Gasteiger partial charge in [-0.25, -0.2) is 14.6 Å². The molecule has 4 rings (SSSR count). The van der Waals surface area contributed by atoms with Gasteiger partial charge in [0.05, 0.1) is 17.3 Å². The molecule has 0 bridgehead atoms. The zero-order valence-corrected chi connectivity index (χ0v) is 14.6. The van der Waals surface area contributed by atoms with Crippen molar-refractivity contribution in [3.8, 4) is 5.69 Å². The second kappa shape index (κ2) is 6.06. The van der Waals surface area contributed by atoms with E-state index in [4.69, 9.17) is 11.6 Å². The molecule has 0 unspecified atom stereocenters. The van der Waals surface area contributed by atoms with Gasteiger partial charge in [0.1, 0.15) is 12.1 Å². The van der Waals surface area contributed by atoms with Crippen LogP contribution in [-0.4, -0.2) is 32.8 Å². The number of halogens is 1. The third-order valence-electron chi connectivity index (χ3n) is 4.57. The van der Waals surface area contributed by atoms with Crippen LogP contribution < -0.4 is 4.90 Å². The number of benzene rings is 1. The van der Waals surface area contributed by atoms with E-state index in [9.17, 15) is 0 Å². The summed E-state index contributed by atoms with van der Waals surface area (Å²) in [6.07, 6.45) is 4.76. The first-order chi connectivity index (χ1) is 11.6. The van der Waals surface area contributed by atoms with E-state index in [-0.39, 0.29) is 0 Å². The highest BCUT2D eigenvalue weighted by atomic mass is 35.5. The fourth-order valence-corrected chi connectivity index (χ4v) is 3.90. The zero-order valence-electron chi connectivity index (χ0n) is 13.9. The van der Waals surface area contributed by atoms with Gasteiger partial charge in [-0.2, -0.15) is 5.10 Å². The Bertz CT molecular complexity index is 865. The number of fused-ring (bicyclic) bond motifs is 1. The molecule has 0 radical (unpaired) electrons. The van der Waals surface area contributed by atoms with Crippen LogP contribution >= 0.6 is 11.6 Å². The summed E-state index contributed by atoms with van der Waals surface area (Å²) in [6.45, 7) is 6.66. The average molecular weight is 342 g/mol. The molecule has 0 amide bonds. The van der Waals surface area contributed by atoms with Crippen molar-refractivity contribution in [1.82, 2.24) is 19.7 Å². The van der Waals surface area contributed by atoms with Gasteiger partial charge in [-0.05, 0) is 36.5 Å². The van der Waals surface area contributed by atoms with Crippen molar-refractivity contribution in [1.29, 1.82) is 0 Å². The minimum Gasteiger partial charge on any atom is -0.355 e. The number of anilines is 1. The van der Waals surface area contributed by atoms with Gasteiger partial charge < -0.3 is 4.90 Å². The summed E-state index contributed by atoms with van der Waals surface area (Å²) in [5.74, 6) is 2.31. The first-order valence-corrected chi connectivity index (χ1v) is 8.69. The summed E-state index contributed by atoms with van der Waals surface area (Å²) in [5.41, 5.74) is 1.72. The normalized spacial score (nSPS) is 21.4. The highest BCUT2D eigenvalue weighted by Crippen LogP contribution is 2.30. The van der Waals surface area contributed by atoms with Gasteiger partial charge in [0.2, 0.25) is 0 Å². The lowest BCUT2D eigenvalue weighted by atomic mass is 9.92. The Labute approximate surface area is 146 Å². The zero-order chi connectivity index (χ0) is 16.7. The quantitative estimate of drug-likeness (QED) is 0.708. The largest absolute Gasteiger partial charge is 0.355 e. The Balaban J connectivity index is 1.79.